The number of anilines is 1. The van der Waals surface area contributed by atoms with Crippen molar-refractivity contribution in [1.29, 1.82) is 0 Å². The zero-order valence-corrected chi connectivity index (χ0v) is 13.2. The lowest BCUT2D eigenvalue weighted by Gasteiger charge is -2.10. The van der Waals surface area contributed by atoms with Crippen molar-refractivity contribution in [3.63, 3.8) is 0 Å². The number of aromatic hydroxyl groups is 1. The van der Waals surface area contributed by atoms with Crippen molar-refractivity contribution in [1.82, 2.24) is 20.2 Å². The lowest BCUT2D eigenvalue weighted by molar-refractivity contribution is 0.474. The molecule has 2 heterocycles. The van der Waals surface area contributed by atoms with E-state index in [0.29, 0.717) is 18.0 Å². The topological polar surface area (TPSA) is 83.8 Å². The second-order valence-electron chi connectivity index (χ2n) is 5.24. The van der Waals surface area contributed by atoms with Crippen molar-refractivity contribution in [3.05, 3.63) is 47.4 Å². The summed E-state index contributed by atoms with van der Waals surface area (Å²) in [5.74, 6) is 0.657. The molecule has 0 fully saturated rings. The van der Waals surface area contributed by atoms with Gasteiger partial charge in [0.15, 0.2) is 0 Å². The molecule has 0 amide bonds. The van der Waals surface area contributed by atoms with E-state index < -0.39 is 0 Å². The molecule has 0 aliphatic rings. The molecule has 0 aliphatic carbocycles. The van der Waals surface area contributed by atoms with E-state index in [0.717, 1.165) is 35.2 Å². The number of phenols is 1. The van der Waals surface area contributed by atoms with Gasteiger partial charge in [0.1, 0.15) is 11.3 Å². The number of nitrogens with one attached hydrogen (secondary N) is 1. The number of nitrogens with zero attached hydrogens (tertiary/aromatic N) is 4. The summed E-state index contributed by atoms with van der Waals surface area (Å²) in [5.41, 5.74) is 3.23. The quantitative estimate of drug-likeness (QED) is 0.754. The maximum Gasteiger partial charge on any atom is 0.243 e. The Morgan fingerprint density at radius 3 is 2.65 bits per heavy atom. The van der Waals surface area contributed by atoms with Gasteiger partial charge in [-0.15, -0.1) is 5.10 Å². The normalized spacial score (nSPS) is 10.9. The minimum atomic E-state index is 0.185. The number of fused-ring (bicyclic) bond motifs is 1. The second kappa shape index (κ2) is 6.56. The lowest BCUT2D eigenvalue weighted by atomic mass is 10.1. The molecule has 23 heavy (non-hydrogen) atoms. The molecule has 0 atom stereocenters. The van der Waals surface area contributed by atoms with Gasteiger partial charge in [-0.25, -0.2) is 4.98 Å². The molecule has 6 nitrogen and oxygen atoms in total. The van der Waals surface area contributed by atoms with Crippen molar-refractivity contribution in [2.45, 2.75) is 33.2 Å². The highest BCUT2D eigenvalue weighted by Crippen LogP contribution is 2.27. The van der Waals surface area contributed by atoms with Crippen LogP contribution in [0.3, 0.4) is 0 Å². The zero-order valence-electron chi connectivity index (χ0n) is 13.2. The monoisotopic (exact) mass is 309 g/mol. The highest BCUT2D eigenvalue weighted by atomic mass is 16.3. The van der Waals surface area contributed by atoms with Crippen LogP contribution in [0.25, 0.3) is 10.9 Å². The van der Waals surface area contributed by atoms with Crippen molar-refractivity contribution in [2.24, 2.45) is 0 Å². The molecule has 3 rings (SSSR count). The summed E-state index contributed by atoms with van der Waals surface area (Å²) in [6, 6.07) is 7.58. The molecule has 0 radical (unpaired) electrons. The molecule has 3 aromatic rings. The Morgan fingerprint density at radius 2 is 1.87 bits per heavy atom. The third-order valence-electron chi connectivity index (χ3n) is 3.78. The molecule has 2 N–H and O–H groups in total. The fourth-order valence-corrected chi connectivity index (χ4v) is 2.50. The van der Waals surface area contributed by atoms with E-state index in [1.165, 1.54) is 0 Å². The molecule has 0 bridgehead atoms. The average molecular weight is 309 g/mol. The van der Waals surface area contributed by atoms with Crippen LogP contribution in [-0.2, 0) is 19.4 Å². The Kier molecular flexibility index (Phi) is 4.32. The molecule has 1 aromatic carbocycles. The number of phenolic OH excluding ortho intramolecular Hbond substituents is 1. The molecule has 0 unspecified atom stereocenters. The SMILES string of the molecule is CCc1nnc(NCc2ccc3cccnc3c2O)nc1CC. The summed E-state index contributed by atoms with van der Waals surface area (Å²) in [6.07, 6.45) is 3.31. The van der Waals surface area contributed by atoms with Crippen molar-refractivity contribution < 1.29 is 5.11 Å². The van der Waals surface area contributed by atoms with E-state index in [1.54, 1.807) is 6.20 Å². The second-order valence-corrected chi connectivity index (χ2v) is 5.24. The van der Waals surface area contributed by atoms with E-state index in [1.807, 2.05) is 38.1 Å². The van der Waals surface area contributed by atoms with Crippen molar-refractivity contribution in [3.8, 4) is 5.75 Å². The number of hydrogen-bond donors (Lipinski definition) is 2. The largest absolute Gasteiger partial charge is 0.505 e. The van der Waals surface area contributed by atoms with Gasteiger partial charge < -0.3 is 10.4 Å². The standard InChI is InChI=1S/C17H19N5O/c1-3-13-14(4-2)21-22-17(20-13)19-10-12-8-7-11-6-5-9-18-15(11)16(12)23/h5-9,23H,3-4,10H2,1-2H3,(H,19,20,22). The Bertz CT molecular complexity index is 834. The predicted molar refractivity (Wildman–Crippen MR) is 89.3 cm³/mol. The summed E-state index contributed by atoms with van der Waals surface area (Å²) >= 11 is 0. The van der Waals surface area contributed by atoms with Crippen molar-refractivity contribution >= 4 is 16.9 Å². The summed E-state index contributed by atoms with van der Waals surface area (Å²) in [7, 11) is 0. The van der Waals surface area contributed by atoms with E-state index in [2.05, 4.69) is 25.5 Å². The van der Waals surface area contributed by atoms with Gasteiger partial charge in [-0.3, -0.25) is 4.98 Å². The van der Waals surface area contributed by atoms with Crippen LogP contribution in [0.15, 0.2) is 30.5 Å². The number of aromatic nitrogens is 4. The van der Waals surface area contributed by atoms with Crippen LogP contribution in [0, 0.1) is 0 Å². The fraction of sp³-hybridized carbons (Fsp3) is 0.294. The van der Waals surface area contributed by atoms with Gasteiger partial charge in [0.25, 0.3) is 0 Å². The molecule has 0 spiro atoms. The minimum Gasteiger partial charge on any atom is -0.505 e. The van der Waals surface area contributed by atoms with Gasteiger partial charge in [-0.05, 0) is 18.9 Å². The average Bonchev–Trinajstić information content (AvgIpc) is 2.61. The Morgan fingerprint density at radius 1 is 1.04 bits per heavy atom. The molecule has 118 valence electrons. The minimum absolute atomic E-state index is 0.185. The molecule has 0 saturated carbocycles. The van der Waals surface area contributed by atoms with Crippen LogP contribution >= 0.6 is 0 Å². The smallest absolute Gasteiger partial charge is 0.243 e. The summed E-state index contributed by atoms with van der Waals surface area (Å²) in [6.45, 7) is 4.50. The third kappa shape index (κ3) is 3.06. The van der Waals surface area contributed by atoms with Crippen LogP contribution < -0.4 is 5.32 Å². The Hall–Kier alpha value is -2.76. The van der Waals surface area contributed by atoms with E-state index in [9.17, 15) is 5.11 Å². The van der Waals surface area contributed by atoms with Gasteiger partial charge in [0.2, 0.25) is 5.95 Å². The lowest BCUT2D eigenvalue weighted by Crippen LogP contribution is -2.09. The molecular weight excluding hydrogens is 290 g/mol. The van der Waals surface area contributed by atoms with E-state index in [4.69, 9.17) is 0 Å². The first-order chi connectivity index (χ1) is 11.2. The number of aryl methyl sites for hydroxylation is 2. The number of rotatable bonds is 5. The van der Waals surface area contributed by atoms with Gasteiger partial charge in [-0.1, -0.05) is 32.0 Å². The maximum atomic E-state index is 10.4. The van der Waals surface area contributed by atoms with Gasteiger partial charge in [0, 0.05) is 23.7 Å². The van der Waals surface area contributed by atoms with Gasteiger partial charge in [0.05, 0.1) is 11.4 Å². The first kappa shape index (κ1) is 15.1. The number of pyridine rings is 1. The molecule has 0 saturated heterocycles. The highest BCUT2D eigenvalue weighted by Gasteiger charge is 2.09. The van der Waals surface area contributed by atoms with Crippen LogP contribution in [0.1, 0.15) is 30.8 Å². The first-order valence-electron chi connectivity index (χ1n) is 7.74. The molecular formula is C17H19N5O. The summed E-state index contributed by atoms with van der Waals surface area (Å²) in [4.78, 5) is 8.71. The van der Waals surface area contributed by atoms with Crippen LogP contribution in [0.2, 0.25) is 0 Å². The highest BCUT2D eigenvalue weighted by molar-refractivity contribution is 5.85. The summed E-state index contributed by atoms with van der Waals surface area (Å²) < 4.78 is 0. The Labute approximate surface area is 134 Å². The van der Waals surface area contributed by atoms with Gasteiger partial charge >= 0.3 is 0 Å². The third-order valence-corrected chi connectivity index (χ3v) is 3.78. The molecule has 6 heteroatoms. The summed E-state index contributed by atoms with van der Waals surface area (Å²) in [5, 5.41) is 22.7. The van der Waals surface area contributed by atoms with Crippen molar-refractivity contribution in [2.75, 3.05) is 5.32 Å². The van der Waals surface area contributed by atoms with E-state index in [-0.39, 0.29) is 5.75 Å². The molecule has 2 aromatic heterocycles. The first-order valence-corrected chi connectivity index (χ1v) is 7.74. The van der Waals surface area contributed by atoms with E-state index >= 15 is 0 Å². The number of hydrogen-bond acceptors (Lipinski definition) is 6. The van der Waals surface area contributed by atoms with Crippen LogP contribution in [0.4, 0.5) is 5.95 Å². The molecule has 0 aliphatic heterocycles. The fourth-order valence-electron chi connectivity index (χ4n) is 2.50. The Balaban J connectivity index is 1.82. The predicted octanol–water partition coefficient (Wildman–Crippen LogP) is 2.86. The maximum absolute atomic E-state index is 10.4. The van der Waals surface area contributed by atoms with Gasteiger partial charge in [-0.2, -0.15) is 5.10 Å². The number of benzene rings is 1. The van der Waals surface area contributed by atoms with Crippen LogP contribution in [0.5, 0.6) is 5.75 Å². The van der Waals surface area contributed by atoms with Crippen LogP contribution in [-0.4, -0.2) is 25.3 Å². The zero-order chi connectivity index (χ0) is 16.2.